The molecule has 3 heterocycles. The molecule has 7 heteroatoms. The molecule has 4 rings (SSSR count). The monoisotopic (exact) mass is 457 g/mol. The number of aromatic nitrogens is 2. The number of aryl methyl sites for hydroxylation is 1. The fourth-order valence-electron chi connectivity index (χ4n) is 4.34. The molecule has 2 N–H and O–H groups in total. The predicted octanol–water partition coefficient (Wildman–Crippen LogP) is 4.99. The number of urea groups is 1. The number of likely N-dealkylation sites (tertiary alicyclic amines) is 1. The van der Waals surface area contributed by atoms with Gasteiger partial charge in [0.1, 0.15) is 5.69 Å². The van der Waals surface area contributed by atoms with E-state index in [1.165, 1.54) is 0 Å². The van der Waals surface area contributed by atoms with Crippen molar-refractivity contribution in [2.75, 3.05) is 25.5 Å². The summed E-state index contributed by atoms with van der Waals surface area (Å²) in [5.74, 6) is 0.907. The van der Waals surface area contributed by atoms with Crippen LogP contribution in [-0.4, -0.2) is 46.9 Å². The van der Waals surface area contributed by atoms with E-state index >= 15 is 0 Å². The molecule has 3 amide bonds. The molecule has 34 heavy (non-hydrogen) atoms. The van der Waals surface area contributed by atoms with Gasteiger partial charge in [-0.2, -0.15) is 0 Å². The van der Waals surface area contributed by atoms with Crippen LogP contribution in [0.15, 0.2) is 55.0 Å². The summed E-state index contributed by atoms with van der Waals surface area (Å²) in [6, 6.07) is 11.5. The number of hydrogen-bond acceptors (Lipinski definition) is 4. The molecule has 3 aromatic rings. The average molecular weight is 458 g/mol. The second-order valence-electron chi connectivity index (χ2n) is 9.17. The van der Waals surface area contributed by atoms with Crippen molar-refractivity contribution in [2.45, 2.75) is 27.2 Å². The highest BCUT2D eigenvalue weighted by Crippen LogP contribution is 2.30. The zero-order valence-corrected chi connectivity index (χ0v) is 20.1. The lowest BCUT2D eigenvalue weighted by Gasteiger charge is -2.19. The minimum absolute atomic E-state index is 0.0525. The Kier molecular flexibility index (Phi) is 6.91. The van der Waals surface area contributed by atoms with Gasteiger partial charge in [0.05, 0.1) is 0 Å². The molecule has 1 aliphatic heterocycles. The number of benzene rings is 1. The molecule has 1 fully saturated rings. The Morgan fingerprint density at radius 3 is 2.59 bits per heavy atom. The van der Waals surface area contributed by atoms with Crippen LogP contribution in [0.25, 0.3) is 22.3 Å². The summed E-state index contributed by atoms with van der Waals surface area (Å²) in [4.78, 5) is 35.3. The molecule has 1 aromatic carbocycles. The van der Waals surface area contributed by atoms with Gasteiger partial charge in [0.2, 0.25) is 0 Å². The van der Waals surface area contributed by atoms with Gasteiger partial charge in [-0.15, -0.1) is 0 Å². The van der Waals surface area contributed by atoms with Crippen molar-refractivity contribution in [1.82, 2.24) is 20.2 Å². The normalized spacial score (nSPS) is 15.4. The van der Waals surface area contributed by atoms with Crippen LogP contribution in [0.4, 0.5) is 10.5 Å². The van der Waals surface area contributed by atoms with Gasteiger partial charge in [-0.3, -0.25) is 14.8 Å². The van der Waals surface area contributed by atoms with Crippen LogP contribution in [0.5, 0.6) is 0 Å². The van der Waals surface area contributed by atoms with Crippen molar-refractivity contribution in [1.29, 1.82) is 0 Å². The topological polar surface area (TPSA) is 87.2 Å². The molecule has 0 aliphatic carbocycles. The minimum atomic E-state index is -0.233. The fraction of sp³-hybridized carbons (Fsp3) is 0.333. The molecule has 0 bridgehead atoms. The summed E-state index contributed by atoms with van der Waals surface area (Å²) >= 11 is 0. The number of pyridine rings is 2. The summed E-state index contributed by atoms with van der Waals surface area (Å²) in [7, 11) is 1.58. The van der Waals surface area contributed by atoms with E-state index < -0.39 is 0 Å². The van der Waals surface area contributed by atoms with Gasteiger partial charge < -0.3 is 15.5 Å². The molecular weight excluding hydrogens is 426 g/mol. The number of rotatable bonds is 5. The van der Waals surface area contributed by atoms with Gasteiger partial charge in [-0.25, -0.2) is 4.79 Å². The third-order valence-corrected chi connectivity index (χ3v) is 6.55. The van der Waals surface area contributed by atoms with E-state index in [1.54, 1.807) is 25.5 Å². The van der Waals surface area contributed by atoms with Gasteiger partial charge in [-0.05, 0) is 72.2 Å². The maximum atomic E-state index is 12.8. The van der Waals surface area contributed by atoms with Crippen molar-refractivity contribution in [3.05, 3.63) is 66.2 Å². The Morgan fingerprint density at radius 2 is 1.85 bits per heavy atom. The van der Waals surface area contributed by atoms with Gasteiger partial charge >= 0.3 is 6.03 Å². The van der Waals surface area contributed by atoms with Crippen LogP contribution in [0, 0.1) is 18.8 Å². The van der Waals surface area contributed by atoms with Crippen molar-refractivity contribution >= 4 is 17.6 Å². The zero-order chi connectivity index (χ0) is 24.2. The number of amides is 3. The lowest BCUT2D eigenvalue weighted by molar-refractivity contribution is 0.0958. The van der Waals surface area contributed by atoms with Crippen LogP contribution < -0.4 is 10.6 Å². The molecule has 7 nitrogen and oxygen atoms in total. The zero-order valence-electron chi connectivity index (χ0n) is 20.1. The van der Waals surface area contributed by atoms with E-state index in [9.17, 15) is 9.59 Å². The van der Waals surface area contributed by atoms with Gasteiger partial charge in [0, 0.05) is 55.5 Å². The SMILES string of the molecule is CNC(=O)c1cc(-c2cncc(-c3cc(NC(=O)N4CC[C@H](C(C)C)C4)ccc3C)c2)ccn1. The van der Waals surface area contributed by atoms with Crippen LogP contribution in [0.2, 0.25) is 0 Å². The molecule has 0 unspecified atom stereocenters. The van der Waals surface area contributed by atoms with Crippen LogP contribution in [0.3, 0.4) is 0 Å². The lowest BCUT2D eigenvalue weighted by atomic mass is 9.95. The molecule has 0 saturated carbocycles. The molecular formula is C27H31N5O2. The summed E-state index contributed by atoms with van der Waals surface area (Å²) in [6.07, 6.45) is 6.26. The average Bonchev–Trinajstić information content (AvgIpc) is 3.36. The highest BCUT2D eigenvalue weighted by Gasteiger charge is 2.28. The first-order chi connectivity index (χ1) is 16.4. The van der Waals surface area contributed by atoms with E-state index in [2.05, 4.69) is 34.4 Å². The van der Waals surface area contributed by atoms with Gasteiger partial charge in [0.25, 0.3) is 5.91 Å². The van der Waals surface area contributed by atoms with E-state index in [-0.39, 0.29) is 11.9 Å². The molecule has 1 saturated heterocycles. The second-order valence-corrected chi connectivity index (χ2v) is 9.17. The number of nitrogens with one attached hydrogen (secondary N) is 2. The highest BCUT2D eigenvalue weighted by atomic mass is 16.2. The van der Waals surface area contributed by atoms with Crippen LogP contribution >= 0.6 is 0 Å². The Morgan fingerprint density at radius 1 is 1.06 bits per heavy atom. The van der Waals surface area contributed by atoms with Crippen molar-refractivity contribution < 1.29 is 9.59 Å². The maximum Gasteiger partial charge on any atom is 0.321 e. The third kappa shape index (κ3) is 5.09. The number of hydrogen-bond donors (Lipinski definition) is 2. The van der Waals surface area contributed by atoms with Gasteiger partial charge in [0.15, 0.2) is 0 Å². The van der Waals surface area contributed by atoms with E-state index in [0.29, 0.717) is 17.5 Å². The smallest absolute Gasteiger partial charge is 0.321 e. The first-order valence-corrected chi connectivity index (χ1v) is 11.7. The summed E-state index contributed by atoms with van der Waals surface area (Å²) < 4.78 is 0. The molecule has 0 spiro atoms. The number of nitrogens with zero attached hydrogens (tertiary/aromatic N) is 3. The Labute approximate surface area is 200 Å². The van der Waals surface area contributed by atoms with Crippen LogP contribution in [0.1, 0.15) is 36.3 Å². The summed E-state index contributed by atoms with van der Waals surface area (Å²) in [5.41, 5.74) is 5.87. The molecule has 2 aromatic heterocycles. The Bertz CT molecular complexity index is 1210. The Balaban J connectivity index is 1.57. The maximum absolute atomic E-state index is 12.8. The van der Waals surface area contributed by atoms with E-state index in [0.717, 1.165) is 53.0 Å². The standard InChI is InChI=1S/C27H31N5O2/c1-17(2)20-8-10-32(16-20)27(34)31-23-6-5-18(3)24(13-23)22-11-21(14-29-15-22)19-7-9-30-25(12-19)26(33)28-4/h5-7,9,11-15,17,20H,8,10,16H2,1-4H3,(H,28,33)(H,31,34)/t20-/m0/s1. The lowest BCUT2D eigenvalue weighted by Crippen LogP contribution is -2.33. The number of anilines is 1. The minimum Gasteiger partial charge on any atom is -0.354 e. The van der Waals surface area contributed by atoms with Crippen molar-refractivity contribution in [3.8, 4) is 22.3 Å². The second kappa shape index (κ2) is 10.0. The largest absolute Gasteiger partial charge is 0.354 e. The van der Waals surface area contributed by atoms with Gasteiger partial charge in [-0.1, -0.05) is 19.9 Å². The molecule has 0 radical (unpaired) electrons. The van der Waals surface area contributed by atoms with Crippen molar-refractivity contribution in [2.24, 2.45) is 11.8 Å². The highest BCUT2D eigenvalue weighted by molar-refractivity contribution is 5.93. The van der Waals surface area contributed by atoms with Crippen LogP contribution in [-0.2, 0) is 0 Å². The fourth-order valence-corrected chi connectivity index (χ4v) is 4.34. The first kappa shape index (κ1) is 23.4. The Hall–Kier alpha value is -3.74. The van der Waals surface area contributed by atoms with E-state index in [1.807, 2.05) is 48.4 Å². The number of carbonyl (C=O) groups is 2. The summed E-state index contributed by atoms with van der Waals surface area (Å²) in [6.45, 7) is 8.07. The molecule has 1 aliphatic rings. The first-order valence-electron chi connectivity index (χ1n) is 11.7. The predicted molar refractivity (Wildman–Crippen MR) is 135 cm³/mol. The third-order valence-electron chi connectivity index (χ3n) is 6.55. The van der Waals surface area contributed by atoms with Crippen molar-refractivity contribution in [3.63, 3.8) is 0 Å². The number of carbonyl (C=O) groups excluding carboxylic acids is 2. The van der Waals surface area contributed by atoms with E-state index in [4.69, 9.17) is 0 Å². The molecule has 1 atom stereocenters. The molecule has 176 valence electrons. The quantitative estimate of drug-likeness (QED) is 0.565. The summed E-state index contributed by atoms with van der Waals surface area (Å²) in [5, 5.41) is 5.67.